The molecule has 0 radical (unpaired) electrons. The lowest BCUT2D eigenvalue weighted by atomic mass is 10.1. The van der Waals surface area contributed by atoms with E-state index in [0.29, 0.717) is 0 Å². The minimum atomic E-state index is 0.181. The molecule has 1 fully saturated rings. The van der Waals surface area contributed by atoms with Crippen LogP contribution in [0.15, 0.2) is 35.5 Å². The number of nitrogens with zero attached hydrogens (tertiary/aromatic N) is 4. The van der Waals surface area contributed by atoms with Gasteiger partial charge in [0.05, 0.1) is 6.67 Å². The van der Waals surface area contributed by atoms with Crippen LogP contribution in [0, 0.1) is 0 Å². The van der Waals surface area contributed by atoms with Crippen LogP contribution in [0.2, 0.25) is 0 Å². The highest BCUT2D eigenvalue weighted by Gasteiger charge is 2.41. The van der Waals surface area contributed by atoms with Crippen molar-refractivity contribution in [3.8, 4) is 5.00 Å². The molecule has 3 aromatic rings. The number of fused-ring (bicyclic) bond motifs is 8. The van der Waals surface area contributed by atoms with Gasteiger partial charge < -0.3 is 0 Å². The average Bonchev–Trinajstić information content (AvgIpc) is 3.47. The van der Waals surface area contributed by atoms with E-state index >= 15 is 0 Å². The van der Waals surface area contributed by atoms with Crippen LogP contribution in [0.3, 0.4) is 0 Å². The summed E-state index contributed by atoms with van der Waals surface area (Å²) in [4.78, 5) is 1.56. The molecule has 2 aliphatic heterocycles. The Morgan fingerprint density at radius 3 is 3.04 bits per heavy atom. The highest BCUT2D eigenvalue weighted by Crippen LogP contribution is 2.48. The van der Waals surface area contributed by atoms with Crippen molar-refractivity contribution in [2.45, 2.75) is 43.4 Å². The Bertz CT molecular complexity index is 1010. The van der Waals surface area contributed by atoms with E-state index in [1.807, 2.05) is 23.1 Å². The van der Waals surface area contributed by atoms with Gasteiger partial charge in [-0.2, -0.15) is 0 Å². The van der Waals surface area contributed by atoms with Crippen molar-refractivity contribution in [3.63, 3.8) is 0 Å². The van der Waals surface area contributed by atoms with E-state index in [-0.39, 0.29) is 6.17 Å². The van der Waals surface area contributed by atoms with Crippen LogP contribution >= 0.6 is 23.1 Å². The summed E-state index contributed by atoms with van der Waals surface area (Å²) in [5.74, 6) is 1.95. The Hall–Kier alpha value is -1.87. The molecular weight excluding hydrogens is 388 g/mol. The molecule has 1 aromatic carbocycles. The lowest BCUT2D eigenvalue weighted by Crippen LogP contribution is -2.39. The normalized spacial score (nSPS) is 19.4. The summed E-state index contributed by atoms with van der Waals surface area (Å²) in [7, 11) is 0. The fraction of sp³-hybridized carbons (Fsp3) is 0.400. The lowest BCUT2D eigenvalue weighted by molar-refractivity contribution is 0.588. The molecule has 6 rings (SSSR count). The Morgan fingerprint density at radius 2 is 2.11 bits per heavy atom. The molecule has 1 aliphatic carbocycles. The summed E-state index contributed by atoms with van der Waals surface area (Å²) >= 11 is 3.77. The van der Waals surface area contributed by atoms with Crippen LogP contribution in [0.5, 0.6) is 0 Å². The van der Waals surface area contributed by atoms with E-state index in [1.54, 1.807) is 10.4 Å². The maximum absolute atomic E-state index is 4.56. The summed E-state index contributed by atoms with van der Waals surface area (Å²) in [6, 6.07) is 10.7. The molecule has 4 heterocycles. The number of hydrogen-bond acceptors (Lipinski definition) is 7. The molecule has 8 heteroatoms. The van der Waals surface area contributed by atoms with Gasteiger partial charge in [-0.15, -0.1) is 21.5 Å². The molecule has 0 saturated carbocycles. The smallest absolute Gasteiger partial charge is 0.249 e. The molecule has 3 aliphatic rings. The van der Waals surface area contributed by atoms with Crippen LogP contribution in [0.1, 0.15) is 40.6 Å². The Labute approximate surface area is 172 Å². The number of nitrogens with one attached hydrogen (secondary N) is 2. The number of thiophene rings is 1. The van der Waals surface area contributed by atoms with E-state index < -0.39 is 0 Å². The summed E-state index contributed by atoms with van der Waals surface area (Å²) in [5, 5.41) is 17.2. The number of aromatic nitrogens is 3. The maximum Gasteiger partial charge on any atom is 0.249 e. The monoisotopic (exact) mass is 410 g/mol. The van der Waals surface area contributed by atoms with Crippen molar-refractivity contribution in [3.05, 3.63) is 51.9 Å². The molecule has 0 amide bonds. The van der Waals surface area contributed by atoms with Crippen molar-refractivity contribution in [2.24, 2.45) is 0 Å². The van der Waals surface area contributed by atoms with Gasteiger partial charge in [0.2, 0.25) is 5.95 Å². The van der Waals surface area contributed by atoms with Crippen molar-refractivity contribution in [1.82, 2.24) is 25.5 Å². The Kier molecular flexibility index (Phi) is 4.18. The molecular formula is C20H22N6S2. The minimum absolute atomic E-state index is 0.181. The van der Waals surface area contributed by atoms with Crippen LogP contribution in [0.4, 0.5) is 5.95 Å². The predicted molar refractivity (Wildman–Crippen MR) is 113 cm³/mol. The van der Waals surface area contributed by atoms with Gasteiger partial charge in [0.25, 0.3) is 0 Å². The van der Waals surface area contributed by atoms with Crippen molar-refractivity contribution < 1.29 is 0 Å². The predicted octanol–water partition coefficient (Wildman–Crippen LogP) is 3.43. The molecule has 6 nitrogen and oxygen atoms in total. The minimum Gasteiger partial charge on any atom is -0.278 e. The molecule has 28 heavy (non-hydrogen) atoms. The summed E-state index contributed by atoms with van der Waals surface area (Å²) in [6.45, 7) is 0.765. The van der Waals surface area contributed by atoms with Crippen LogP contribution in [-0.4, -0.2) is 27.2 Å². The van der Waals surface area contributed by atoms with Crippen molar-refractivity contribution in [2.75, 3.05) is 17.4 Å². The number of thioether (sulfide) groups is 1. The zero-order chi connectivity index (χ0) is 18.5. The highest BCUT2D eigenvalue weighted by molar-refractivity contribution is 7.99. The largest absolute Gasteiger partial charge is 0.278 e. The van der Waals surface area contributed by atoms with Crippen molar-refractivity contribution >= 4 is 29.0 Å². The Balaban J connectivity index is 1.28. The second kappa shape index (κ2) is 6.88. The van der Waals surface area contributed by atoms with Gasteiger partial charge in [-0.25, -0.2) is 9.99 Å². The summed E-state index contributed by atoms with van der Waals surface area (Å²) in [5.41, 5.74) is 7.84. The van der Waals surface area contributed by atoms with E-state index in [4.69, 9.17) is 0 Å². The fourth-order valence-electron chi connectivity index (χ4n) is 4.46. The van der Waals surface area contributed by atoms with Gasteiger partial charge in [-0.05, 0) is 43.2 Å². The number of hydrogen-bond donors (Lipinski definition) is 2. The molecule has 2 aromatic heterocycles. The summed E-state index contributed by atoms with van der Waals surface area (Å²) in [6.07, 6.45) is 6.11. The van der Waals surface area contributed by atoms with Crippen molar-refractivity contribution in [1.29, 1.82) is 0 Å². The second-order valence-corrected chi connectivity index (χ2v) is 9.59. The molecule has 0 bridgehead atoms. The fourth-order valence-corrected chi connectivity index (χ4v) is 6.81. The van der Waals surface area contributed by atoms with E-state index in [0.717, 1.165) is 36.4 Å². The molecule has 2 N–H and O–H groups in total. The molecule has 1 saturated heterocycles. The second-order valence-electron chi connectivity index (χ2n) is 7.44. The standard InChI is InChI=1S/C20H22N6S2/c1-2-6-13(7-3-1)8-5-11-27-20-24-23-19-25(20)18-16(17-21-12-22-26(17)19)14-9-4-10-15(14)28-18/h1-3,6-7,17,21-22H,4-5,8-12H2. The molecule has 0 spiro atoms. The first-order valence-electron chi connectivity index (χ1n) is 9.93. The first kappa shape index (κ1) is 17.0. The first-order valence-corrected chi connectivity index (χ1v) is 11.7. The van der Waals surface area contributed by atoms with Gasteiger partial charge in [0, 0.05) is 16.2 Å². The zero-order valence-corrected chi connectivity index (χ0v) is 17.2. The van der Waals surface area contributed by atoms with Gasteiger partial charge in [0.1, 0.15) is 11.2 Å². The average molecular weight is 411 g/mol. The topological polar surface area (TPSA) is 58.0 Å². The quantitative estimate of drug-likeness (QED) is 0.497. The van der Waals surface area contributed by atoms with Gasteiger partial charge >= 0.3 is 0 Å². The third-order valence-electron chi connectivity index (χ3n) is 5.74. The van der Waals surface area contributed by atoms with Crippen LogP contribution in [-0.2, 0) is 19.3 Å². The SMILES string of the molecule is c1ccc(CCCSc2nnc3n2-c2sc4c(c2C2NCNN32)CCC4)cc1. The maximum atomic E-state index is 4.56. The Morgan fingerprint density at radius 1 is 1.18 bits per heavy atom. The van der Waals surface area contributed by atoms with Gasteiger partial charge in [-0.3, -0.25) is 10.3 Å². The molecule has 144 valence electrons. The van der Waals surface area contributed by atoms with E-state index in [2.05, 4.69) is 60.8 Å². The molecule has 1 unspecified atom stereocenters. The van der Waals surface area contributed by atoms with Gasteiger partial charge in [0.15, 0.2) is 5.16 Å². The number of aryl methyl sites for hydroxylation is 2. The number of anilines is 1. The zero-order valence-electron chi connectivity index (χ0n) is 15.5. The third kappa shape index (κ3) is 2.62. The third-order valence-corrected chi connectivity index (χ3v) is 8.05. The van der Waals surface area contributed by atoms with E-state index in [1.165, 1.54) is 35.4 Å². The number of hydrazine groups is 1. The van der Waals surface area contributed by atoms with Crippen LogP contribution in [0.25, 0.3) is 5.00 Å². The summed E-state index contributed by atoms with van der Waals surface area (Å²) < 4.78 is 2.28. The highest BCUT2D eigenvalue weighted by atomic mass is 32.2. The van der Waals surface area contributed by atoms with Crippen LogP contribution < -0.4 is 15.8 Å². The molecule has 1 atom stereocenters. The lowest BCUT2D eigenvalue weighted by Gasteiger charge is -2.30. The van der Waals surface area contributed by atoms with E-state index in [9.17, 15) is 0 Å². The first-order chi connectivity index (χ1) is 13.9. The number of benzene rings is 1. The van der Waals surface area contributed by atoms with Gasteiger partial charge in [-0.1, -0.05) is 42.1 Å². The number of rotatable bonds is 5.